The van der Waals surface area contributed by atoms with Crippen molar-refractivity contribution < 1.29 is 13.2 Å². The molecular weight excluding hydrogens is 248 g/mol. The first-order valence-corrected chi connectivity index (χ1v) is 3.56. The predicted octanol–water partition coefficient (Wildman–Crippen LogP) is 2.84. The van der Waals surface area contributed by atoms with Crippen LogP contribution in [-0.2, 0) is 6.18 Å². The van der Waals surface area contributed by atoms with Gasteiger partial charge < -0.3 is 0 Å². The van der Waals surface area contributed by atoms with Crippen LogP contribution in [0.25, 0.3) is 0 Å². The van der Waals surface area contributed by atoms with Gasteiger partial charge in [0.15, 0.2) is 10.8 Å². The van der Waals surface area contributed by atoms with Gasteiger partial charge in [-0.1, -0.05) is 11.6 Å². The SMILES string of the molecule is FC(F)(F)c1[nH]nc(Cl)c1Br. The van der Waals surface area contributed by atoms with Gasteiger partial charge in [0.2, 0.25) is 0 Å². The van der Waals surface area contributed by atoms with E-state index in [1.807, 2.05) is 0 Å². The predicted molar refractivity (Wildman–Crippen MR) is 36.3 cm³/mol. The van der Waals surface area contributed by atoms with Crippen molar-refractivity contribution >= 4 is 27.5 Å². The zero-order chi connectivity index (χ0) is 8.65. The summed E-state index contributed by atoms with van der Waals surface area (Å²) >= 11 is 7.89. The summed E-state index contributed by atoms with van der Waals surface area (Å²) in [4.78, 5) is 0. The average Bonchev–Trinajstić information content (AvgIpc) is 2.11. The monoisotopic (exact) mass is 248 g/mol. The second-order valence-electron chi connectivity index (χ2n) is 1.70. The molecule has 0 aliphatic rings. The molecule has 7 heteroatoms. The van der Waals surface area contributed by atoms with Gasteiger partial charge >= 0.3 is 6.18 Å². The Morgan fingerprint density at radius 3 is 2.18 bits per heavy atom. The van der Waals surface area contributed by atoms with E-state index in [1.54, 1.807) is 5.10 Å². The van der Waals surface area contributed by atoms with Crippen LogP contribution >= 0.6 is 27.5 Å². The molecule has 1 aromatic rings. The van der Waals surface area contributed by atoms with Crippen molar-refractivity contribution in [3.63, 3.8) is 0 Å². The van der Waals surface area contributed by atoms with Crippen LogP contribution in [0.4, 0.5) is 13.2 Å². The molecule has 0 aromatic carbocycles. The Balaban J connectivity index is 3.15. The number of alkyl halides is 3. The molecule has 0 spiro atoms. The molecule has 0 saturated heterocycles. The molecule has 0 saturated carbocycles. The van der Waals surface area contributed by atoms with Gasteiger partial charge in [-0.25, -0.2) is 0 Å². The quantitative estimate of drug-likeness (QED) is 0.752. The van der Waals surface area contributed by atoms with Crippen molar-refractivity contribution in [2.24, 2.45) is 0 Å². The Kier molecular flexibility index (Phi) is 2.15. The van der Waals surface area contributed by atoms with Gasteiger partial charge in [-0.2, -0.15) is 18.3 Å². The van der Waals surface area contributed by atoms with Crippen LogP contribution in [0, 0.1) is 0 Å². The molecule has 0 radical (unpaired) electrons. The number of nitrogens with zero attached hydrogens (tertiary/aromatic N) is 1. The van der Waals surface area contributed by atoms with Gasteiger partial charge in [-0.15, -0.1) is 0 Å². The van der Waals surface area contributed by atoms with Crippen molar-refractivity contribution in [2.75, 3.05) is 0 Å². The summed E-state index contributed by atoms with van der Waals surface area (Å²) in [5, 5.41) is 4.69. The van der Waals surface area contributed by atoms with Gasteiger partial charge in [0.05, 0.1) is 4.47 Å². The Labute approximate surface area is 72.9 Å². The molecule has 62 valence electrons. The first-order chi connectivity index (χ1) is 4.93. The summed E-state index contributed by atoms with van der Waals surface area (Å²) in [6.45, 7) is 0. The molecule has 0 aliphatic carbocycles. The van der Waals surface area contributed by atoms with E-state index in [1.165, 1.54) is 0 Å². The molecule has 1 N–H and O–H groups in total. The number of rotatable bonds is 0. The maximum Gasteiger partial charge on any atom is 0.433 e. The standard InChI is InChI=1S/C4HBrClF3N2/c5-1-2(4(7,8)9)10-11-3(1)6/h(H,10,11). The topological polar surface area (TPSA) is 28.7 Å². The van der Waals surface area contributed by atoms with E-state index in [0.717, 1.165) is 0 Å². The summed E-state index contributed by atoms with van der Waals surface area (Å²) in [6.07, 6.45) is -4.45. The Morgan fingerprint density at radius 1 is 1.45 bits per heavy atom. The minimum Gasteiger partial charge on any atom is -0.271 e. The van der Waals surface area contributed by atoms with Crippen molar-refractivity contribution in [1.29, 1.82) is 0 Å². The lowest BCUT2D eigenvalue weighted by Gasteiger charge is -2.01. The van der Waals surface area contributed by atoms with Crippen LogP contribution < -0.4 is 0 Å². The molecule has 0 bridgehead atoms. The molecule has 0 unspecified atom stereocenters. The number of H-pyrrole nitrogens is 1. The molecule has 0 amide bonds. The largest absolute Gasteiger partial charge is 0.433 e. The van der Waals surface area contributed by atoms with Gasteiger partial charge in [-0.3, -0.25) is 5.10 Å². The molecule has 1 aromatic heterocycles. The third kappa shape index (κ3) is 1.67. The smallest absolute Gasteiger partial charge is 0.271 e. The first kappa shape index (κ1) is 8.86. The van der Waals surface area contributed by atoms with Crippen LogP contribution in [-0.4, -0.2) is 10.2 Å². The summed E-state index contributed by atoms with van der Waals surface area (Å²) < 4.78 is 35.4. The molecule has 1 heterocycles. The Bertz CT molecular complexity index is 269. The fourth-order valence-electron chi connectivity index (χ4n) is 0.494. The summed E-state index contributed by atoms with van der Waals surface area (Å²) in [5.74, 6) is 0. The highest BCUT2D eigenvalue weighted by Crippen LogP contribution is 2.36. The summed E-state index contributed by atoms with van der Waals surface area (Å²) in [7, 11) is 0. The molecule has 0 fully saturated rings. The molecule has 0 atom stereocenters. The third-order valence-electron chi connectivity index (χ3n) is 0.950. The number of aromatic amines is 1. The molecule has 2 nitrogen and oxygen atoms in total. The van der Waals surface area contributed by atoms with E-state index in [9.17, 15) is 13.2 Å². The lowest BCUT2D eigenvalue weighted by atomic mass is 10.4. The van der Waals surface area contributed by atoms with Crippen molar-refractivity contribution in [3.8, 4) is 0 Å². The highest BCUT2D eigenvalue weighted by atomic mass is 79.9. The number of halogens is 5. The van der Waals surface area contributed by atoms with Gasteiger partial charge in [0.25, 0.3) is 0 Å². The zero-order valence-corrected chi connectivity index (χ0v) is 7.18. The number of hydrogen-bond acceptors (Lipinski definition) is 1. The van der Waals surface area contributed by atoms with Gasteiger partial charge in [0, 0.05) is 0 Å². The van der Waals surface area contributed by atoms with E-state index >= 15 is 0 Å². The lowest BCUT2D eigenvalue weighted by molar-refractivity contribution is -0.141. The average molecular weight is 249 g/mol. The van der Waals surface area contributed by atoms with Crippen LogP contribution in [0.3, 0.4) is 0 Å². The van der Waals surface area contributed by atoms with Crippen molar-refractivity contribution in [2.45, 2.75) is 6.18 Å². The highest BCUT2D eigenvalue weighted by molar-refractivity contribution is 9.10. The third-order valence-corrected chi connectivity index (χ3v) is 2.22. The lowest BCUT2D eigenvalue weighted by Crippen LogP contribution is -2.06. The number of aromatic nitrogens is 2. The minimum absolute atomic E-state index is 0.225. The second kappa shape index (κ2) is 2.67. The van der Waals surface area contributed by atoms with Gasteiger partial charge in [-0.05, 0) is 15.9 Å². The van der Waals surface area contributed by atoms with Crippen molar-refractivity contribution in [3.05, 3.63) is 15.3 Å². The van der Waals surface area contributed by atoms with Crippen LogP contribution in [0.5, 0.6) is 0 Å². The van der Waals surface area contributed by atoms with E-state index < -0.39 is 11.9 Å². The first-order valence-electron chi connectivity index (χ1n) is 2.39. The Morgan fingerprint density at radius 2 is 2.00 bits per heavy atom. The second-order valence-corrected chi connectivity index (χ2v) is 2.85. The van der Waals surface area contributed by atoms with E-state index in [4.69, 9.17) is 11.6 Å². The normalized spacial score (nSPS) is 12.1. The molecule has 11 heavy (non-hydrogen) atoms. The fraction of sp³-hybridized carbons (Fsp3) is 0.250. The summed E-state index contributed by atoms with van der Waals surface area (Å²) in [5.41, 5.74) is -0.970. The van der Waals surface area contributed by atoms with E-state index in [2.05, 4.69) is 21.0 Å². The fourth-order valence-corrected chi connectivity index (χ4v) is 1.03. The Hall–Kier alpha value is -0.230. The van der Waals surface area contributed by atoms with Crippen LogP contribution in [0.2, 0.25) is 5.15 Å². The highest BCUT2D eigenvalue weighted by Gasteiger charge is 2.36. The van der Waals surface area contributed by atoms with E-state index in [-0.39, 0.29) is 9.63 Å². The van der Waals surface area contributed by atoms with Crippen LogP contribution in [0.15, 0.2) is 4.47 Å². The maximum absolute atomic E-state index is 11.9. The van der Waals surface area contributed by atoms with Crippen LogP contribution in [0.1, 0.15) is 5.69 Å². The molecule has 0 aliphatic heterocycles. The number of nitrogens with one attached hydrogen (secondary N) is 1. The molecule has 1 rings (SSSR count). The van der Waals surface area contributed by atoms with E-state index in [0.29, 0.717) is 0 Å². The van der Waals surface area contributed by atoms with Crippen molar-refractivity contribution in [1.82, 2.24) is 10.2 Å². The molecular formula is C4HBrClF3N2. The minimum atomic E-state index is -4.45. The van der Waals surface area contributed by atoms with Gasteiger partial charge in [0.1, 0.15) is 0 Å². The summed E-state index contributed by atoms with van der Waals surface area (Å²) in [6, 6.07) is 0. The zero-order valence-electron chi connectivity index (χ0n) is 4.84. The number of hydrogen-bond donors (Lipinski definition) is 1. The maximum atomic E-state index is 11.9.